The third-order valence-corrected chi connectivity index (χ3v) is 0. The monoisotopic (exact) mass is 284 g/mol. The fourth-order valence-electron chi connectivity index (χ4n) is 0. The Morgan fingerprint density at radius 2 is 1.17 bits per heavy atom. The fraction of sp³-hybridized carbons (Fsp3) is 1.00. The van der Waals surface area contributed by atoms with Gasteiger partial charge >= 0.3 is 27.3 Å². The first-order valence-electron chi connectivity index (χ1n) is 1.72. The molecule has 0 aliphatic rings. The van der Waals surface area contributed by atoms with Gasteiger partial charge in [-0.15, -0.1) is 0 Å². The number of hydrogen-bond donors (Lipinski definition) is 1. The molecular formula is C4H12OPb. The van der Waals surface area contributed by atoms with Crippen molar-refractivity contribution < 1.29 is 5.11 Å². The molecule has 0 aliphatic carbocycles. The third kappa shape index (κ3) is 94.6. The van der Waals surface area contributed by atoms with E-state index in [0.717, 1.165) is 0 Å². The van der Waals surface area contributed by atoms with Gasteiger partial charge in [-0.3, -0.25) is 0 Å². The van der Waals surface area contributed by atoms with E-state index >= 15 is 0 Å². The molecule has 0 bridgehead atoms. The van der Waals surface area contributed by atoms with Crippen molar-refractivity contribution in [3.63, 3.8) is 0 Å². The van der Waals surface area contributed by atoms with Crippen LogP contribution in [0.15, 0.2) is 0 Å². The van der Waals surface area contributed by atoms with E-state index in [1.165, 1.54) is 0 Å². The molecule has 0 spiro atoms. The molecule has 0 saturated heterocycles. The van der Waals surface area contributed by atoms with E-state index in [4.69, 9.17) is 5.11 Å². The van der Waals surface area contributed by atoms with Gasteiger partial charge < -0.3 is 5.11 Å². The van der Waals surface area contributed by atoms with Crippen LogP contribution in [0.25, 0.3) is 0 Å². The van der Waals surface area contributed by atoms with Gasteiger partial charge in [-0.2, -0.15) is 0 Å². The van der Waals surface area contributed by atoms with Gasteiger partial charge in [-0.25, -0.2) is 0 Å². The zero-order valence-corrected chi connectivity index (χ0v) is 10.2. The summed E-state index contributed by atoms with van der Waals surface area (Å²) in [6, 6.07) is 0. The summed E-state index contributed by atoms with van der Waals surface area (Å²) < 4.78 is 0. The molecule has 2 heteroatoms. The van der Waals surface area contributed by atoms with Gasteiger partial charge in [0.05, 0.1) is 5.60 Å². The van der Waals surface area contributed by atoms with Gasteiger partial charge in [0.15, 0.2) is 0 Å². The molecule has 2 radical (unpaired) electrons. The molecule has 0 aromatic heterocycles. The number of aliphatic hydroxyl groups is 1. The van der Waals surface area contributed by atoms with Crippen molar-refractivity contribution >= 4 is 27.3 Å². The molecule has 1 nitrogen and oxygen atoms in total. The van der Waals surface area contributed by atoms with Crippen LogP contribution in [-0.4, -0.2) is 38.0 Å². The second-order valence-corrected chi connectivity index (χ2v) is 2.17. The predicted molar refractivity (Wildman–Crippen MR) is 30.5 cm³/mol. The van der Waals surface area contributed by atoms with E-state index in [9.17, 15) is 0 Å². The Balaban J connectivity index is 0. The summed E-state index contributed by atoms with van der Waals surface area (Å²) in [6.07, 6.45) is 0. The quantitative estimate of drug-likeness (QED) is 0.614. The van der Waals surface area contributed by atoms with Crippen molar-refractivity contribution in [2.24, 2.45) is 0 Å². The van der Waals surface area contributed by atoms with E-state index in [-0.39, 0.29) is 27.3 Å². The molecule has 0 saturated carbocycles. The van der Waals surface area contributed by atoms with Crippen LogP contribution in [0, 0.1) is 0 Å². The van der Waals surface area contributed by atoms with E-state index in [2.05, 4.69) is 0 Å². The fourth-order valence-corrected chi connectivity index (χ4v) is 0. The summed E-state index contributed by atoms with van der Waals surface area (Å²) in [4.78, 5) is 0. The molecule has 0 aromatic carbocycles. The molecule has 0 amide bonds. The van der Waals surface area contributed by atoms with E-state index in [0.29, 0.717) is 0 Å². The zero-order valence-electron chi connectivity index (χ0n) is 4.65. The van der Waals surface area contributed by atoms with E-state index in [1.54, 1.807) is 20.8 Å². The van der Waals surface area contributed by atoms with Crippen LogP contribution in [0.5, 0.6) is 0 Å². The van der Waals surface area contributed by atoms with Gasteiger partial charge in [-0.1, -0.05) is 0 Å². The van der Waals surface area contributed by atoms with E-state index < -0.39 is 5.60 Å². The molecule has 38 valence electrons. The normalized spacial score (nSPS) is 10.0. The van der Waals surface area contributed by atoms with Crippen molar-refractivity contribution in [3.05, 3.63) is 0 Å². The molecule has 0 fully saturated rings. The Labute approximate surface area is 58.9 Å². The third-order valence-electron chi connectivity index (χ3n) is 0. The zero-order chi connectivity index (χ0) is 4.50. The molecule has 0 unspecified atom stereocenters. The number of rotatable bonds is 0. The van der Waals surface area contributed by atoms with Crippen LogP contribution in [0.4, 0.5) is 0 Å². The van der Waals surface area contributed by atoms with Crippen LogP contribution in [-0.2, 0) is 0 Å². The number of hydrogen-bond acceptors (Lipinski definition) is 1. The Hall–Kier alpha value is 0.882. The molecule has 0 atom stereocenters. The molecule has 0 rings (SSSR count). The van der Waals surface area contributed by atoms with Crippen LogP contribution in [0.3, 0.4) is 0 Å². The molecule has 6 heavy (non-hydrogen) atoms. The topological polar surface area (TPSA) is 20.2 Å². The maximum absolute atomic E-state index is 8.52. The van der Waals surface area contributed by atoms with Gasteiger partial charge in [0.2, 0.25) is 0 Å². The summed E-state index contributed by atoms with van der Waals surface area (Å²) in [5.41, 5.74) is -0.500. The minimum atomic E-state index is -0.500. The van der Waals surface area contributed by atoms with Gasteiger partial charge in [0.1, 0.15) is 0 Å². The van der Waals surface area contributed by atoms with Crippen LogP contribution >= 0.6 is 0 Å². The average Bonchev–Trinajstić information content (AvgIpc) is 0.722. The van der Waals surface area contributed by atoms with Crippen molar-refractivity contribution in [2.45, 2.75) is 26.4 Å². The maximum atomic E-state index is 8.52. The first-order valence-corrected chi connectivity index (χ1v) is 1.72. The second-order valence-electron chi connectivity index (χ2n) is 2.17. The molecule has 0 aromatic rings. The molecular weight excluding hydrogens is 271 g/mol. The summed E-state index contributed by atoms with van der Waals surface area (Å²) in [5.74, 6) is 0. The average molecular weight is 283 g/mol. The van der Waals surface area contributed by atoms with Gasteiger partial charge in [-0.05, 0) is 20.8 Å². The van der Waals surface area contributed by atoms with E-state index in [1.807, 2.05) is 0 Å². The van der Waals surface area contributed by atoms with Crippen molar-refractivity contribution in [1.29, 1.82) is 0 Å². The Bertz CT molecular complexity index is 23.0. The summed E-state index contributed by atoms with van der Waals surface area (Å²) >= 11 is 0. The Morgan fingerprint density at radius 3 is 1.17 bits per heavy atom. The Kier molecular flexibility index (Phi) is 4.93. The molecule has 0 aliphatic heterocycles. The van der Waals surface area contributed by atoms with Crippen molar-refractivity contribution in [1.82, 2.24) is 0 Å². The van der Waals surface area contributed by atoms with Crippen LogP contribution < -0.4 is 0 Å². The van der Waals surface area contributed by atoms with Crippen LogP contribution in [0.2, 0.25) is 0 Å². The SMILES string of the molecule is CC(C)(C)O.[PbH2]. The molecule has 0 heterocycles. The summed E-state index contributed by atoms with van der Waals surface area (Å²) in [7, 11) is 0. The summed E-state index contributed by atoms with van der Waals surface area (Å²) in [6.45, 7) is 5.23. The van der Waals surface area contributed by atoms with Crippen LogP contribution in [0.1, 0.15) is 20.8 Å². The molecule has 1 N–H and O–H groups in total. The van der Waals surface area contributed by atoms with Gasteiger partial charge in [0, 0.05) is 0 Å². The predicted octanol–water partition coefficient (Wildman–Crippen LogP) is -0.139. The summed E-state index contributed by atoms with van der Waals surface area (Å²) in [5, 5.41) is 8.52. The standard InChI is InChI=1S/C4H10O.Pb.2H/c1-4(2,3)5;;;/h5H,1-3H3;;;. The minimum absolute atomic E-state index is 0. The first kappa shape index (κ1) is 9.99. The van der Waals surface area contributed by atoms with Crippen molar-refractivity contribution in [2.75, 3.05) is 0 Å². The Morgan fingerprint density at radius 1 is 1.17 bits per heavy atom. The van der Waals surface area contributed by atoms with Gasteiger partial charge in [0.25, 0.3) is 0 Å². The van der Waals surface area contributed by atoms with Crippen molar-refractivity contribution in [3.8, 4) is 0 Å². The second kappa shape index (κ2) is 2.96. The first-order chi connectivity index (χ1) is 2.00.